The van der Waals surface area contributed by atoms with E-state index < -0.39 is 0 Å². The highest BCUT2D eigenvalue weighted by molar-refractivity contribution is 6.60. The highest BCUT2D eigenvalue weighted by atomic mass is 15.0. The summed E-state index contributed by atoms with van der Waals surface area (Å²) in [5, 5.41) is 24.2. The zero-order valence-electron chi connectivity index (χ0n) is 23.6. The number of allylic oxidation sites excluding steroid dienone is 2. The first kappa shape index (κ1) is 25.7. The Hall–Kier alpha value is -5.29. The summed E-state index contributed by atoms with van der Waals surface area (Å²) in [6, 6.07) is 33.5. The van der Waals surface area contributed by atoms with Gasteiger partial charge in [-0.05, 0) is 54.3 Å². The maximum Gasteiger partial charge on any atom is 0.133 e. The number of aryl methyl sites for hydroxylation is 2. The summed E-state index contributed by atoms with van der Waals surface area (Å²) in [6.07, 6.45) is 5.91. The van der Waals surface area contributed by atoms with Gasteiger partial charge < -0.3 is 10.6 Å². The zero-order valence-corrected chi connectivity index (χ0v) is 23.6. The maximum atomic E-state index is 8.69. The number of hydrogen-bond donors (Lipinski definition) is 4. The van der Waals surface area contributed by atoms with Crippen LogP contribution in [0.1, 0.15) is 51.0 Å². The first-order valence-electron chi connectivity index (χ1n) is 14.2. The topological polar surface area (TPSA) is 84.1 Å². The Morgan fingerprint density at radius 1 is 0.690 bits per heavy atom. The van der Waals surface area contributed by atoms with Gasteiger partial charge in [0.05, 0.1) is 23.5 Å². The summed E-state index contributed by atoms with van der Waals surface area (Å²) in [4.78, 5) is 5.14. The second kappa shape index (κ2) is 10.3. The number of fused-ring (bicyclic) bond motifs is 2. The molecule has 4 aromatic rings. The van der Waals surface area contributed by atoms with E-state index in [9.17, 15) is 0 Å². The van der Waals surface area contributed by atoms with Crippen molar-refractivity contribution in [2.24, 2.45) is 4.99 Å². The Kier molecular flexibility index (Phi) is 6.28. The van der Waals surface area contributed by atoms with Gasteiger partial charge in [-0.25, -0.2) is 0 Å². The van der Waals surface area contributed by atoms with Crippen LogP contribution in [0.15, 0.2) is 126 Å². The summed E-state index contributed by atoms with van der Waals surface area (Å²) in [7, 11) is 0. The van der Waals surface area contributed by atoms with Gasteiger partial charge in [-0.15, -0.1) is 0 Å². The van der Waals surface area contributed by atoms with E-state index in [0.717, 1.165) is 56.2 Å². The van der Waals surface area contributed by atoms with Gasteiger partial charge >= 0.3 is 0 Å². The van der Waals surface area contributed by atoms with Crippen molar-refractivity contribution in [3.63, 3.8) is 0 Å². The van der Waals surface area contributed by atoms with Crippen LogP contribution in [0.2, 0.25) is 0 Å². The van der Waals surface area contributed by atoms with Gasteiger partial charge in [-0.3, -0.25) is 15.8 Å². The van der Waals surface area contributed by atoms with Crippen molar-refractivity contribution in [1.29, 1.82) is 10.8 Å². The lowest BCUT2D eigenvalue weighted by Crippen LogP contribution is -2.28. The number of amidine groups is 1. The zero-order chi connectivity index (χ0) is 28.8. The van der Waals surface area contributed by atoms with Gasteiger partial charge in [0, 0.05) is 28.1 Å². The van der Waals surface area contributed by atoms with Gasteiger partial charge in [-0.1, -0.05) is 108 Å². The van der Waals surface area contributed by atoms with Crippen molar-refractivity contribution in [3.8, 4) is 0 Å². The molecular weight excluding hydrogens is 514 g/mol. The van der Waals surface area contributed by atoms with Gasteiger partial charge in [0.15, 0.2) is 0 Å². The minimum atomic E-state index is -0.147. The maximum absolute atomic E-state index is 8.69. The molecule has 4 N–H and O–H groups in total. The van der Waals surface area contributed by atoms with Crippen LogP contribution in [0.5, 0.6) is 0 Å². The van der Waals surface area contributed by atoms with E-state index in [2.05, 4.69) is 103 Å². The summed E-state index contributed by atoms with van der Waals surface area (Å²) in [5.74, 6) is 0.857. The second-order valence-electron chi connectivity index (χ2n) is 11.1. The van der Waals surface area contributed by atoms with E-state index in [-0.39, 0.29) is 23.5 Å². The number of nitrogens with zero attached hydrogens (tertiary/aromatic N) is 1. The number of hydrogen-bond acceptors (Lipinski definition) is 5. The summed E-state index contributed by atoms with van der Waals surface area (Å²) >= 11 is 0. The van der Waals surface area contributed by atoms with Crippen LogP contribution in [0.4, 0.5) is 5.69 Å². The molecule has 2 aliphatic heterocycles. The average molecular weight is 546 g/mol. The third-order valence-electron chi connectivity index (χ3n) is 8.19. The molecule has 0 fully saturated rings. The summed E-state index contributed by atoms with van der Waals surface area (Å²) in [6.45, 7) is 4.20. The lowest BCUT2D eigenvalue weighted by molar-refractivity contribution is 0.872. The van der Waals surface area contributed by atoms with E-state index >= 15 is 0 Å². The molecule has 3 aliphatic rings. The molecule has 204 valence electrons. The van der Waals surface area contributed by atoms with Crippen LogP contribution < -0.4 is 10.6 Å². The molecule has 4 aromatic carbocycles. The Balaban J connectivity index is 1.26. The molecule has 0 bridgehead atoms. The van der Waals surface area contributed by atoms with E-state index in [1.165, 1.54) is 11.1 Å². The molecule has 0 aromatic heterocycles. The minimum Gasteiger partial charge on any atom is -0.374 e. The van der Waals surface area contributed by atoms with Crippen molar-refractivity contribution in [3.05, 3.63) is 160 Å². The van der Waals surface area contributed by atoms with Crippen molar-refractivity contribution in [1.82, 2.24) is 5.32 Å². The van der Waals surface area contributed by atoms with E-state index in [1.807, 2.05) is 30.3 Å². The Morgan fingerprint density at radius 2 is 1.33 bits per heavy atom. The molecule has 2 heterocycles. The second-order valence-corrected chi connectivity index (χ2v) is 11.1. The SMILES string of the molecule is Cc1ccc(C2=CC(c3ccc(C4Nc5ccccc5C5=C4C=CC(=N)C5=N)cc3)N=C(c3ccc(C)cc3)N2)cc1. The van der Waals surface area contributed by atoms with Gasteiger partial charge in [-0.2, -0.15) is 0 Å². The molecule has 5 heteroatoms. The van der Waals surface area contributed by atoms with E-state index in [1.54, 1.807) is 6.08 Å². The lowest BCUT2D eigenvalue weighted by atomic mass is 9.80. The molecule has 0 spiro atoms. The highest BCUT2D eigenvalue weighted by Crippen LogP contribution is 2.43. The normalized spacial score (nSPS) is 19.3. The third-order valence-corrected chi connectivity index (χ3v) is 8.19. The summed E-state index contributed by atoms with van der Waals surface area (Å²) in [5.41, 5.74) is 12.2. The fourth-order valence-corrected chi connectivity index (χ4v) is 5.82. The number of benzene rings is 4. The molecule has 0 saturated heterocycles. The number of aliphatic imine (C=N–C) groups is 1. The smallest absolute Gasteiger partial charge is 0.133 e. The molecule has 2 atom stereocenters. The molecular formula is C37H31N5. The molecule has 5 nitrogen and oxygen atoms in total. The van der Waals surface area contributed by atoms with E-state index in [4.69, 9.17) is 15.8 Å². The largest absolute Gasteiger partial charge is 0.374 e. The average Bonchev–Trinajstić information content (AvgIpc) is 3.03. The van der Waals surface area contributed by atoms with Crippen LogP contribution in [0, 0.1) is 24.7 Å². The molecule has 7 rings (SSSR count). The predicted molar refractivity (Wildman–Crippen MR) is 174 cm³/mol. The molecule has 1 aliphatic carbocycles. The van der Waals surface area contributed by atoms with Crippen molar-refractivity contribution in [2.45, 2.75) is 25.9 Å². The number of anilines is 1. The number of para-hydroxylation sites is 1. The molecule has 0 amide bonds. The quantitative estimate of drug-likeness (QED) is 0.196. The number of rotatable bonds is 4. The highest BCUT2D eigenvalue weighted by Gasteiger charge is 2.31. The Bertz CT molecular complexity index is 1790. The third kappa shape index (κ3) is 4.59. The first-order valence-corrected chi connectivity index (χ1v) is 14.2. The van der Waals surface area contributed by atoms with Crippen molar-refractivity contribution < 1.29 is 0 Å². The number of nitrogens with one attached hydrogen (secondary N) is 4. The van der Waals surface area contributed by atoms with Gasteiger partial charge in [0.25, 0.3) is 0 Å². The van der Waals surface area contributed by atoms with Gasteiger partial charge in [0.1, 0.15) is 5.84 Å². The van der Waals surface area contributed by atoms with Crippen LogP contribution in [0.3, 0.4) is 0 Å². The first-order chi connectivity index (χ1) is 20.4. The van der Waals surface area contributed by atoms with E-state index in [0.29, 0.717) is 0 Å². The summed E-state index contributed by atoms with van der Waals surface area (Å²) < 4.78 is 0. The molecule has 2 unspecified atom stereocenters. The fraction of sp³-hybridized carbons (Fsp3) is 0.108. The monoisotopic (exact) mass is 545 g/mol. The standard InChI is InChI=1S/C37H31N5/c1-22-7-11-24(12-8-22)32-21-33(42-37(41-32)27-13-9-23(2)10-14-27)25-15-17-26(18-16-25)36-29-19-20-30(38)35(39)34(29)28-5-3-4-6-31(28)40-36/h3-21,33,36,38-40H,1-2H3,(H,41,42). The fourth-order valence-electron chi connectivity index (χ4n) is 5.82. The predicted octanol–water partition coefficient (Wildman–Crippen LogP) is 7.97. The van der Waals surface area contributed by atoms with Crippen LogP contribution in [0.25, 0.3) is 11.3 Å². The van der Waals surface area contributed by atoms with Crippen LogP contribution >= 0.6 is 0 Å². The van der Waals surface area contributed by atoms with Gasteiger partial charge in [0.2, 0.25) is 0 Å². The minimum absolute atomic E-state index is 0.119. The van der Waals surface area contributed by atoms with Crippen LogP contribution in [-0.4, -0.2) is 17.3 Å². The van der Waals surface area contributed by atoms with Crippen LogP contribution in [-0.2, 0) is 0 Å². The molecule has 42 heavy (non-hydrogen) atoms. The van der Waals surface area contributed by atoms with Crippen molar-refractivity contribution >= 4 is 34.2 Å². The molecule has 0 saturated carbocycles. The van der Waals surface area contributed by atoms with Crippen molar-refractivity contribution in [2.75, 3.05) is 5.32 Å². The Labute approximate surface area is 246 Å². The Morgan fingerprint density at radius 3 is 2.05 bits per heavy atom. The lowest BCUT2D eigenvalue weighted by Gasteiger charge is -2.33. The molecule has 0 radical (unpaired) electrons.